The Balaban J connectivity index is 1.96. The molecule has 1 aliphatic rings. The van der Waals surface area contributed by atoms with Crippen LogP contribution in [0.15, 0.2) is 12.2 Å². The maximum Gasteiger partial charge on any atom is 0.305 e. The molecule has 0 N–H and O–H groups in total. The molecule has 1 rings (SSSR count). The SMILES string of the molecule is CCCCCCCCC=CCCCCCCCC(=O)OCC(C)(C)N1C(=O)CCC1=O. The second-order valence-corrected chi connectivity index (χ2v) is 9.43. The fourth-order valence-corrected chi connectivity index (χ4v) is 3.99. The molecule has 1 heterocycles. The lowest BCUT2D eigenvalue weighted by molar-refractivity contribution is -0.155. The maximum absolute atomic E-state index is 12.0. The molecule has 2 amide bonds. The summed E-state index contributed by atoms with van der Waals surface area (Å²) in [6, 6.07) is 0. The van der Waals surface area contributed by atoms with E-state index in [0.29, 0.717) is 6.42 Å². The molecule has 0 bridgehead atoms. The van der Waals surface area contributed by atoms with Crippen LogP contribution in [0.2, 0.25) is 0 Å². The summed E-state index contributed by atoms with van der Waals surface area (Å²) in [6.07, 6.45) is 21.5. The molecule has 1 aliphatic heterocycles. The molecule has 178 valence electrons. The smallest absolute Gasteiger partial charge is 0.305 e. The summed E-state index contributed by atoms with van der Waals surface area (Å²) >= 11 is 0. The highest BCUT2D eigenvalue weighted by Gasteiger charge is 2.40. The van der Waals surface area contributed by atoms with E-state index in [2.05, 4.69) is 19.1 Å². The minimum Gasteiger partial charge on any atom is -0.463 e. The minimum absolute atomic E-state index is 0.0639. The van der Waals surface area contributed by atoms with Crippen molar-refractivity contribution in [2.75, 3.05) is 6.61 Å². The van der Waals surface area contributed by atoms with Crippen molar-refractivity contribution in [3.8, 4) is 0 Å². The third-order valence-corrected chi connectivity index (χ3v) is 5.89. The molecule has 5 nitrogen and oxygen atoms in total. The molecular formula is C26H45NO4. The van der Waals surface area contributed by atoms with Gasteiger partial charge in [-0.2, -0.15) is 0 Å². The van der Waals surface area contributed by atoms with Crippen LogP contribution < -0.4 is 0 Å². The summed E-state index contributed by atoms with van der Waals surface area (Å²) < 4.78 is 5.34. The van der Waals surface area contributed by atoms with Gasteiger partial charge in [0.1, 0.15) is 6.61 Å². The summed E-state index contributed by atoms with van der Waals surface area (Å²) in [5, 5.41) is 0. The Morgan fingerprint density at radius 2 is 1.32 bits per heavy atom. The third-order valence-electron chi connectivity index (χ3n) is 5.89. The molecule has 0 atom stereocenters. The van der Waals surface area contributed by atoms with Crippen molar-refractivity contribution in [3.05, 3.63) is 12.2 Å². The van der Waals surface area contributed by atoms with Crippen LogP contribution in [0.4, 0.5) is 0 Å². The number of ether oxygens (including phenoxy) is 1. The Morgan fingerprint density at radius 3 is 1.87 bits per heavy atom. The van der Waals surface area contributed by atoms with Crippen LogP contribution >= 0.6 is 0 Å². The number of amides is 2. The first kappa shape index (κ1) is 27.4. The van der Waals surface area contributed by atoms with E-state index in [1.165, 1.54) is 62.7 Å². The summed E-state index contributed by atoms with van der Waals surface area (Å²) in [4.78, 5) is 37.0. The van der Waals surface area contributed by atoms with E-state index in [0.717, 1.165) is 25.7 Å². The number of hydrogen-bond acceptors (Lipinski definition) is 4. The van der Waals surface area contributed by atoms with E-state index in [-0.39, 0.29) is 37.2 Å². The fourth-order valence-electron chi connectivity index (χ4n) is 3.99. The van der Waals surface area contributed by atoms with Crippen molar-refractivity contribution in [2.24, 2.45) is 0 Å². The minimum atomic E-state index is -0.775. The molecule has 0 saturated carbocycles. The zero-order valence-electron chi connectivity index (χ0n) is 20.3. The highest BCUT2D eigenvalue weighted by molar-refractivity contribution is 6.02. The summed E-state index contributed by atoms with van der Waals surface area (Å²) in [6.45, 7) is 5.85. The molecule has 0 spiro atoms. The predicted octanol–water partition coefficient (Wildman–Crippen LogP) is 6.49. The largest absolute Gasteiger partial charge is 0.463 e. The Labute approximate surface area is 190 Å². The van der Waals surface area contributed by atoms with Gasteiger partial charge in [-0.3, -0.25) is 19.3 Å². The molecule has 1 saturated heterocycles. The predicted molar refractivity (Wildman–Crippen MR) is 126 cm³/mol. The third kappa shape index (κ3) is 12.1. The number of likely N-dealkylation sites (tertiary alicyclic amines) is 1. The van der Waals surface area contributed by atoms with Crippen molar-refractivity contribution in [1.29, 1.82) is 0 Å². The van der Waals surface area contributed by atoms with Gasteiger partial charge in [-0.05, 0) is 46.0 Å². The molecule has 31 heavy (non-hydrogen) atoms. The second kappa shape index (κ2) is 16.0. The van der Waals surface area contributed by atoms with Crippen molar-refractivity contribution >= 4 is 17.8 Å². The number of nitrogens with zero attached hydrogens (tertiary/aromatic N) is 1. The topological polar surface area (TPSA) is 63.7 Å². The average molecular weight is 436 g/mol. The number of esters is 1. The molecule has 0 aromatic carbocycles. The molecule has 0 radical (unpaired) electrons. The van der Waals surface area contributed by atoms with Crippen LogP contribution in [0.1, 0.15) is 124 Å². The average Bonchev–Trinajstić information content (AvgIpc) is 3.08. The van der Waals surface area contributed by atoms with Gasteiger partial charge < -0.3 is 4.74 Å². The van der Waals surface area contributed by atoms with Crippen LogP contribution in [-0.2, 0) is 19.1 Å². The lowest BCUT2D eigenvalue weighted by Gasteiger charge is -2.33. The first-order chi connectivity index (χ1) is 14.9. The summed E-state index contributed by atoms with van der Waals surface area (Å²) in [7, 11) is 0. The van der Waals surface area contributed by atoms with Gasteiger partial charge in [-0.25, -0.2) is 0 Å². The monoisotopic (exact) mass is 435 g/mol. The van der Waals surface area contributed by atoms with Crippen molar-refractivity contribution < 1.29 is 19.1 Å². The van der Waals surface area contributed by atoms with E-state index in [1.54, 1.807) is 13.8 Å². The van der Waals surface area contributed by atoms with E-state index in [1.807, 2.05) is 0 Å². The number of carbonyl (C=O) groups is 3. The number of unbranched alkanes of at least 4 members (excludes halogenated alkanes) is 11. The Kier molecular flexibility index (Phi) is 14.2. The van der Waals surface area contributed by atoms with E-state index < -0.39 is 5.54 Å². The number of allylic oxidation sites excluding steroid dienone is 2. The van der Waals surface area contributed by atoms with Gasteiger partial charge >= 0.3 is 5.97 Å². The maximum atomic E-state index is 12.0. The van der Waals surface area contributed by atoms with Gasteiger partial charge in [0, 0.05) is 19.3 Å². The number of carbonyl (C=O) groups excluding carboxylic acids is 3. The van der Waals surface area contributed by atoms with E-state index in [4.69, 9.17) is 4.74 Å². The first-order valence-corrected chi connectivity index (χ1v) is 12.5. The molecule has 1 fully saturated rings. The quantitative estimate of drug-likeness (QED) is 0.107. The molecule has 5 heteroatoms. The molecule has 0 aliphatic carbocycles. The van der Waals surface area contributed by atoms with Crippen LogP contribution in [0, 0.1) is 0 Å². The molecule has 0 aromatic heterocycles. The molecule has 0 unspecified atom stereocenters. The number of hydrogen-bond donors (Lipinski definition) is 0. The summed E-state index contributed by atoms with van der Waals surface area (Å²) in [5.74, 6) is -0.601. The van der Waals surface area contributed by atoms with Crippen molar-refractivity contribution in [3.63, 3.8) is 0 Å². The van der Waals surface area contributed by atoms with Gasteiger partial charge in [-0.1, -0.05) is 70.4 Å². The highest BCUT2D eigenvalue weighted by atomic mass is 16.5. The lowest BCUT2D eigenvalue weighted by atomic mass is 10.0. The van der Waals surface area contributed by atoms with Gasteiger partial charge in [0.2, 0.25) is 11.8 Å². The standard InChI is InChI=1S/C26H45NO4/c1-4-5-6-7-8-9-10-11-12-13-14-15-16-17-18-19-25(30)31-22-26(2,3)27-23(28)20-21-24(27)29/h11-12H,4-10,13-22H2,1-3H3. The fraction of sp³-hybridized carbons (Fsp3) is 0.808. The number of rotatable bonds is 18. The molecule has 0 aromatic rings. The number of imide groups is 1. The second-order valence-electron chi connectivity index (χ2n) is 9.43. The van der Waals surface area contributed by atoms with Crippen molar-refractivity contribution in [1.82, 2.24) is 4.90 Å². The van der Waals surface area contributed by atoms with Gasteiger partial charge in [0.15, 0.2) is 0 Å². The van der Waals surface area contributed by atoms with Crippen LogP contribution in [-0.4, -0.2) is 34.8 Å². The Morgan fingerprint density at radius 1 is 0.839 bits per heavy atom. The zero-order chi connectivity index (χ0) is 23.0. The molecular weight excluding hydrogens is 390 g/mol. The zero-order valence-corrected chi connectivity index (χ0v) is 20.3. The lowest BCUT2D eigenvalue weighted by Crippen LogP contribution is -2.50. The van der Waals surface area contributed by atoms with Gasteiger partial charge in [0.25, 0.3) is 0 Å². The first-order valence-electron chi connectivity index (χ1n) is 12.5. The normalized spacial score (nSPS) is 14.7. The van der Waals surface area contributed by atoms with Gasteiger partial charge in [0.05, 0.1) is 5.54 Å². The Bertz CT molecular complexity index is 552. The van der Waals surface area contributed by atoms with Crippen LogP contribution in [0.25, 0.3) is 0 Å². The summed E-state index contributed by atoms with van der Waals surface area (Å²) in [5.41, 5.74) is -0.775. The Hall–Kier alpha value is -1.65. The van der Waals surface area contributed by atoms with Gasteiger partial charge in [-0.15, -0.1) is 0 Å². The van der Waals surface area contributed by atoms with E-state index >= 15 is 0 Å². The van der Waals surface area contributed by atoms with Crippen LogP contribution in [0.3, 0.4) is 0 Å². The highest BCUT2D eigenvalue weighted by Crippen LogP contribution is 2.24. The van der Waals surface area contributed by atoms with E-state index in [9.17, 15) is 14.4 Å². The van der Waals surface area contributed by atoms with Crippen molar-refractivity contribution in [2.45, 2.75) is 129 Å². The van der Waals surface area contributed by atoms with Crippen LogP contribution in [0.5, 0.6) is 0 Å².